The number of carboxylic acid groups (broad SMARTS) is 1. The van der Waals surface area contributed by atoms with Gasteiger partial charge >= 0.3 is 5.97 Å². The molecule has 1 aromatic carbocycles. The van der Waals surface area contributed by atoms with Crippen LogP contribution in [0.25, 0.3) is 11.3 Å². The Morgan fingerprint density at radius 2 is 2.20 bits per heavy atom. The number of aromatic carboxylic acids is 1. The molecule has 102 valence electrons. The topological polar surface area (TPSA) is 92.9 Å². The fourth-order valence-electron chi connectivity index (χ4n) is 1.94. The molecule has 0 radical (unpaired) electrons. The number of amides is 1. The Morgan fingerprint density at radius 3 is 2.90 bits per heavy atom. The van der Waals surface area contributed by atoms with Crippen molar-refractivity contribution in [1.82, 2.24) is 5.16 Å². The minimum Gasteiger partial charge on any atom is -0.482 e. The average Bonchev–Trinajstić information content (AvgIpc) is 2.93. The minimum absolute atomic E-state index is 0.00825. The summed E-state index contributed by atoms with van der Waals surface area (Å²) < 4.78 is 10.3. The van der Waals surface area contributed by atoms with Crippen LogP contribution in [0.4, 0.5) is 5.69 Å². The lowest BCUT2D eigenvalue weighted by atomic mass is 10.1. The molecule has 0 unspecified atom stereocenters. The van der Waals surface area contributed by atoms with E-state index in [1.54, 1.807) is 25.2 Å². The van der Waals surface area contributed by atoms with Crippen molar-refractivity contribution < 1.29 is 24.0 Å². The van der Waals surface area contributed by atoms with E-state index in [1.165, 1.54) is 11.0 Å². The zero-order chi connectivity index (χ0) is 14.3. The van der Waals surface area contributed by atoms with E-state index in [2.05, 4.69) is 5.16 Å². The lowest BCUT2D eigenvalue weighted by molar-refractivity contribution is -0.120. The van der Waals surface area contributed by atoms with Crippen molar-refractivity contribution in [3.05, 3.63) is 30.0 Å². The number of benzene rings is 1. The van der Waals surface area contributed by atoms with Crippen LogP contribution in [0.2, 0.25) is 0 Å². The molecule has 3 rings (SSSR count). The molecule has 1 aromatic heterocycles. The fourth-order valence-corrected chi connectivity index (χ4v) is 1.94. The van der Waals surface area contributed by atoms with Crippen LogP contribution >= 0.6 is 0 Å². The van der Waals surface area contributed by atoms with Gasteiger partial charge in [-0.25, -0.2) is 4.79 Å². The van der Waals surface area contributed by atoms with Crippen LogP contribution in [0.5, 0.6) is 5.75 Å². The number of hydrogen-bond donors (Lipinski definition) is 1. The molecule has 1 aliphatic heterocycles. The molecular formula is C13H10N2O5. The summed E-state index contributed by atoms with van der Waals surface area (Å²) in [5.74, 6) is -0.405. The molecule has 20 heavy (non-hydrogen) atoms. The third-order valence-corrected chi connectivity index (χ3v) is 3.06. The number of anilines is 1. The van der Waals surface area contributed by atoms with E-state index in [1.807, 2.05) is 0 Å². The quantitative estimate of drug-likeness (QED) is 0.889. The summed E-state index contributed by atoms with van der Waals surface area (Å²) in [6, 6.07) is 6.44. The first-order valence-electron chi connectivity index (χ1n) is 5.80. The van der Waals surface area contributed by atoms with E-state index in [0.29, 0.717) is 22.8 Å². The second-order valence-corrected chi connectivity index (χ2v) is 4.31. The van der Waals surface area contributed by atoms with E-state index in [9.17, 15) is 9.59 Å². The Morgan fingerprint density at radius 1 is 1.40 bits per heavy atom. The summed E-state index contributed by atoms with van der Waals surface area (Å²) in [6.07, 6.45) is 0. The van der Waals surface area contributed by atoms with E-state index < -0.39 is 5.97 Å². The van der Waals surface area contributed by atoms with Gasteiger partial charge in [-0.1, -0.05) is 5.16 Å². The Hall–Kier alpha value is -2.83. The van der Waals surface area contributed by atoms with Crippen molar-refractivity contribution in [2.45, 2.75) is 0 Å². The van der Waals surface area contributed by atoms with Crippen molar-refractivity contribution >= 4 is 17.6 Å². The smallest absolute Gasteiger partial charge is 0.358 e. The van der Waals surface area contributed by atoms with Gasteiger partial charge < -0.3 is 19.3 Å². The van der Waals surface area contributed by atoms with Gasteiger partial charge in [0.2, 0.25) is 0 Å². The predicted molar refractivity (Wildman–Crippen MR) is 67.8 cm³/mol. The summed E-state index contributed by atoms with van der Waals surface area (Å²) in [5, 5.41) is 12.3. The maximum absolute atomic E-state index is 11.6. The van der Waals surface area contributed by atoms with Gasteiger partial charge in [0.15, 0.2) is 18.1 Å². The SMILES string of the molecule is CN1C(=O)COc2ccc(-c3cc(C(=O)O)no3)cc21. The van der Waals surface area contributed by atoms with Gasteiger partial charge in [0, 0.05) is 18.7 Å². The Kier molecular flexibility index (Phi) is 2.67. The maximum atomic E-state index is 11.6. The van der Waals surface area contributed by atoms with Crippen molar-refractivity contribution in [3.63, 3.8) is 0 Å². The third kappa shape index (κ3) is 1.89. The Labute approximate surface area is 113 Å². The lowest BCUT2D eigenvalue weighted by Gasteiger charge is -2.26. The number of aromatic nitrogens is 1. The first-order chi connectivity index (χ1) is 9.56. The van der Waals surface area contributed by atoms with Crippen molar-refractivity contribution in [1.29, 1.82) is 0 Å². The van der Waals surface area contributed by atoms with Crippen LogP contribution in [-0.2, 0) is 4.79 Å². The third-order valence-electron chi connectivity index (χ3n) is 3.06. The van der Waals surface area contributed by atoms with E-state index >= 15 is 0 Å². The zero-order valence-electron chi connectivity index (χ0n) is 10.5. The molecule has 2 heterocycles. The molecule has 1 aliphatic rings. The van der Waals surface area contributed by atoms with Crippen molar-refractivity contribution in [3.8, 4) is 17.1 Å². The Balaban J connectivity index is 2.03. The van der Waals surface area contributed by atoms with Crippen molar-refractivity contribution in [2.75, 3.05) is 18.6 Å². The molecule has 0 saturated carbocycles. The number of nitrogens with zero attached hydrogens (tertiary/aromatic N) is 2. The number of hydrogen-bond acceptors (Lipinski definition) is 5. The van der Waals surface area contributed by atoms with Crippen LogP contribution in [0.1, 0.15) is 10.5 Å². The van der Waals surface area contributed by atoms with E-state index in [4.69, 9.17) is 14.4 Å². The van der Waals surface area contributed by atoms with Gasteiger partial charge in [0.25, 0.3) is 5.91 Å². The second-order valence-electron chi connectivity index (χ2n) is 4.31. The molecule has 2 aromatic rings. The largest absolute Gasteiger partial charge is 0.482 e. The van der Waals surface area contributed by atoms with E-state index in [-0.39, 0.29) is 18.2 Å². The van der Waals surface area contributed by atoms with Gasteiger partial charge in [-0.05, 0) is 18.2 Å². The predicted octanol–water partition coefficient (Wildman–Crippen LogP) is 1.39. The summed E-state index contributed by atoms with van der Waals surface area (Å²) in [5.41, 5.74) is 1.05. The number of likely N-dealkylation sites (N-methyl/N-ethyl adjacent to an activating group) is 1. The van der Waals surface area contributed by atoms with Crippen LogP contribution in [-0.4, -0.2) is 35.8 Å². The highest BCUT2D eigenvalue weighted by atomic mass is 16.5. The number of carbonyl (C=O) groups excluding carboxylic acids is 1. The van der Waals surface area contributed by atoms with Gasteiger partial charge in [-0.3, -0.25) is 4.79 Å². The number of carbonyl (C=O) groups is 2. The maximum Gasteiger partial charge on any atom is 0.358 e. The normalized spacial score (nSPS) is 13.8. The van der Waals surface area contributed by atoms with Gasteiger partial charge in [-0.15, -0.1) is 0 Å². The Bertz CT molecular complexity index is 707. The molecular weight excluding hydrogens is 264 g/mol. The molecule has 1 N–H and O–H groups in total. The molecule has 0 fully saturated rings. The fraction of sp³-hybridized carbons (Fsp3) is 0.154. The first-order valence-corrected chi connectivity index (χ1v) is 5.80. The zero-order valence-corrected chi connectivity index (χ0v) is 10.5. The van der Waals surface area contributed by atoms with Crippen molar-refractivity contribution in [2.24, 2.45) is 0 Å². The van der Waals surface area contributed by atoms with Gasteiger partial charge in [0.05, 0.1) is 5.69 Å². The minimum atomic E-state index is -1.16. The highest BCUT2D eigenvalue weighted by Gasteiger charge is 2.23. The molecule has 0 saturated heterocycles. The number of ether oxygens (including phenoxy) is 1. The molecule has 0 atom stereocenters. The van der Waals surface area contributed by atoms with Crippen LogP contribution < -0.4 is 9.64 Å². The molecule has 7 nitrogen and oxygen atoms in total. The van der Waals surface area contributed by atoms with Crippen LogP contribution in [0.3, 0.4) is 0 Å². The highest BCUT2D eigenvalue weighted by Crippen LogP contribution is 2.35. The lowest BCUT2D eigenvalue weighted by Crippen LogP contribution is -2.35. The molecule has 1 amide bonds. The average molecular weight is 274 g/mol. The van der Waals surface area contributed by atoms with Gasteiger partial charge in [0.1, 0.15) is 5.75 Å². The highest BCUT2D eigenvalue weighted by molar-refractivity contribution is 5.98. The summed E-state index contributed by atoms with van der Waals surface area (Å²) >= 11 is 0. The number of rotatable bonds is 2. The number of fused-ring (bicyclic) bond motifs is 1. The molecule has 0 aliphatic carbocycles. The molecule has 7 heteroatoms. The van der Waals surface area contributed by atoms with Crippen LogP contribution in [0, 0.1) is 0 Å². The summed E-state index contributed by atoms with van der Waals surface area (Å²) in [4.78, 5) is 23.8. The first kappa shape index (κ1) is 12.2. The second kappa shape index (κ2) is 4.37. The number of carboxylic acids is 1. The molecule has 0 spiro atoms. The van der Waals surface area contributed by atoms with E-state index in [0.717, 1.165) is 0 Å². The molecule has 0 bridgehead atoms. The summed E-state index contributed by atoms with van der Waals surface area (Å²) in [7, 11) is 1.65. The monoisotopic (exact) mass is 274 g/mol. The summed E-state index contributed by atoms with van der Waals surface area (Å²) in [6.45, 7) is 0.00825. The standard InChI is InChI=1S/C13H10N2O5/c1-15-9-4-7(2-3-10(9)19-6-12(15)16)11-5-8(13(17)18)14-20-11/h2-5H,6H2,1H3,(H,17,18). The van der Waals surface area contributed by atoms with Crippen LogP contribution in [0.15, 0.2) is 28.8 Å². The van der Waals surface area contributed by atoms with Gasteiger partial charge in [-0.2, -0.15) is 0 Å².